The molecule has 1 heterocycles. The number of nitrogen functional groups attached to an aromatic ring is 1. The Bertz CT molecular complexity index is 376. The molecule has 0 spiro atoms. The van der Waals surface area contributed by atoms with Crippen LogP contribution in [-0.2, 0) is 10.7 Å². The number of rotatable bonds is 3. The molecule has 0 fully saturated rings. The van der Waals surface area contributed by atoms with Gasteiger partial charge in [-0.05, 0) is 11.6 Å². The van der Waals surface area contributed by atoms with Crippen molar-refractivity contribution in [3.8, 4) is 5.75 Å². The molecule has 78 valence electrons. The molecule has 0 radical (unpaired) electrons. The minimum atomic E-state index is -4.07. The van der Waals surface area contributed by atoms with Crippen molar-refractivity contribution < 1.29 is 19.1 Å². The quantitative estimate of drug-likeness (QED) is 0.632. The van der Waals surface area contributed by atoms with E-state index in [-0.39, 0.29) is 12.0 Å². The molecular formula is C7H11N2O4P. The normalized spacial score (nSPS) is 11.4. The first-order chi connectivity index (χ1) is 6.42. The Kier molecular flexibility index (Phi) is 3.10. The highest BCUT2D eigenvalue weighted by Gasteiger charge is 2.15. The summed E-state index contributed by atoms with van der Waals surface area (Å²) in [7, 11) is -2.66. The van der Waals surface area contributed by atoms with Gasteiger partial charge in [-0.3, -0.25) is 4.57 Å². The molecule has 1 rings (SSSR count). The standard InChI is InChI=1S/C7H11N2O4P/c1-13-6-2-5(3-9-7(6)8)4-14(10,11)12/h2-3H,4H2,1H3,(H2,8,9)(H2,10,11,12). The molecule has 0 aliphatic rings. The fourth-order valence-corrected chi connectivity index (χ4v) is 1.63. The summed E-state index contributed by atoms with van der Waals surface area (Å²) in [6, 6.07) is 1.46. The average Bonchev–Trinajstić information content (AvgIpc) is 2.06. The zero-order valence-electron chi connectivity index (χ0n) is 7.54. The molecule has 0 aliphatic heterocycles. The van der Waals surface area contributed by atoms with E-state index in [9.17, 15) is 4.57 Å². The third-order valence-corrected chi connectivity index (χ3v) is 2.32. The number of anilines is 1. The van der Waals surface area contributed by atoms with Crippen LogP contribution in [0, 0.1) is 0 Å². The minimum absolute atomic E-state index is 0.196. The van der Waals surface area contributed by atoms with E-state index in [1.807, 2.05) is 0 Å². The molecule has 0 atom stereocenters. The lowest BCUT2D eigenvalue weighted by Gasteiger charge is -2.07. The molecule has 0 aromatic carbocycles. The van der Waals surface area contributed by atoms with Crippen LogP contribution in [0.3, 0.4) is 0 Å². The second kappa shape index (κ2) is 3.96. The topological polar surface area (TPSA) is 106 Å². The van der Waals surface area contributed by atoms with Crippen molar-refractivity contribution in [2.24, 2.45) is 0 Å². The van der Waals surface area contributed by atoms with Crippen molar-refractivity contribution >= 4 is 13.4 Å². The highest BCUT2D eigenvalue weighted by Crippen LogP contribution is 2.39. The first-order valence-corrected chi connectivity index (χ1v) is 5.55. The Hall–Kier alpha value is -1.10. The highest BCUT2D eigenvalue weighted by atomic mass is 31.2. The van der Waals surface area contributed by atoms with E-state index < -0.39 is 7.60 Å². The van der Waals surface area contributed by atoms with Gasteiger partial charge in [0.1, 0.15) is 0 Å². The van der Waals surface area contributed by atoms with Crippen molar-refractivity contribution in [3.63, 3.8) is 0 Å². The van der Waals surface area contributed by atoms with Gasteiger partial charge in [-0.2, -0.15) is 0 Å². The lowest BCUT2D eigenvalue weighted by Crippen LogP contribution is -1.97. The van der Waals surface area contributed by atoms with Gasteiger partial charge in [0.2, 0.25) is 0 Å². The molecule has 0 aliphatic carbocycles. The number of nitrogens with two attached hydrogens (primary N) is 1. The first kappa shape index (κ1) is 11.0. The number of hydrogen-bond donors (Lipinski definition) is 3. The summed E-state index contributed by atoms with van der Waals surface area (Å²) in [6.45, 7) is 0. The number of pyridine rings is 1. The average molecular weight is 218 g/mol. The molecule has 6 nitrogen and oxygen atoms in total. The van der Waals surface area contributed by atoms with Gasteiger partial charge in [-0.1, -0.05) is 0 Å². The van der Waals surface area contributed by atoms with Gasteiger partial charge in [-0.15, -0.1) is 0 Å². The largest absolute Gasteiger partial charge is 0.493 e. The summed E-state index contributed by atoms with van der Waals surface area (Å²) in [4.78, 5) is 21.2. The number of aromatic nitrogens is 1. The molecular weight excluding hydrogens is 207 g/mol. The third-order valence-electron chi connectivity index (χ3n) is 1.55. The van der Waals surface area contributed by atoms with Crippen molar-refractivity contribution in [1.82, 2.24) is 4.98 Å². The highest BCUT2D eigenvalue weighted by molar-refractivity contribution is 7.50. The van der Waals surface area contributed by atoms with Crippen molar-refractivity contribution in [2.45, 2.75) is 6.16 Å². The van der Waals surface area contributed by atoms with Gasteiger partial charge in [0.05, 0.1) is 13.3 Å². The molecule has 0 saturated carbocycles. The summed E-state index contributed by atoms with van der Waals surface area (Å²) in [5, 5.41) is 0. The molecule has 1 aromatic heterocycles. The molecule has 4 N–H and O–H groups in total. The minimum Gasteiger partial charge on any atom is -0.493 e. The monoisotopic (exact) mass is 218 g/mol. The Labute approximate surface area is 80.9 Å². The van der Waals surface area contributed by atoms with E-state index in [0.29, 0.717) is 11.3 Å². The fraction of sp³-hybridized carbons (Fsp3) is 0.286. The lowest BCUT2D eigenvalue weighted by atomic mass is 10.3. The SMILES string of the molecule is COc1cc(CP(=O)(O)O)cnc1N. The van der Waals surface area contributed by atoms with E-state index in [4.69, 9.17) is 20.3 Å². The van der Waals surface area contributed by atoms with Crippen LogP contribution in [-0.4, -0.2) is 21.9 Å². The maximum Gasteiger partial charge on any atom is 0.329 e. The molecule has 1 aromatic rings. The van der Waals surface area contributed by atoms with Crippen molar-refractivity contribution in [3.05, 3.63) is 17.8 Å². The van der Waals surface area contributed by atoms with Gasteiger partial charge >= 0.3 is 7.60 Å². The van der Waals surface area contributed by atoms with Gasteiger partial charge in [0, 0.05) is 6.20 Å². The Morgan fingerprint density at radius 2 is 2.29 bits per heavy atom. The van der Waals surface area contributed by atoms with E-state index in [0.717, 1.165) is 0 Å². The number of methoxy groups -OCH3 is 1. The summed E-state index contributed by atoms with van der Waals surface area (Å²) < 4.78 is 15.5. The van der Waals surface area contributed by atoms with Crippen molar-refractivity contribution in [2.75, 3.05) is 12.8 Å². The van der Waals surface area contributed by atoms with Gasteiger partial charge < -0.3 is 20.3 Å². The summed E-state index contributed by atoms with van der Waals surface area (Å²) in [5.74, 6) is 0.512. The van der Waals surface area contributed by atoms with Crippen LogP contribution in [0.15, 0.2) is 12.3 Å². The Balaban J connectivity index is 2.96. The predicted octanol–water partition coefficient (Wildman–Crippen LogP) is 0.350. The van der Waals surface area contributed by atoms with E-state index in [2.05, 4.69) is 4.98 Å². The molecule has 0 saturated heterocycles. The number of hydrogen-bond acceptors (Lipinski definition) is 4. The van der Waals surface area contributed by atoms with E-state index in [1.54, 1.807) is 0 Å². The summed E-state index contributed by atoms with van der Waals surface area (Å²) in [6.07, 6.45) is 0.952. The van der Waals surface area contributed by atoms with Gasteiger partial charge in [0.15, 0.2) is 11.6 Å². The van der Waals surface area contributed by atoms with E-state index in [1.165, 1.54) is 19.4 Å². The second-order valence-electron chi connectivity index (χ2n) is 2.75. The van der Waals surface area contributed by atoms with Crippen LogP contribution in [0.1, 0.15) is 5.56 Å². The maximum atomic E-state index is 10.7. The lowest BCUT2D eigenvalue weighted by molar-refractivity contribution is 0.371. The van der Waals surface area contributed by atoms with Gasteiger partial charge in [0.25, 0.3) is 0 Å². The van der Waals surface area contributed by atoms with Crippen LogP contribution in [0.5, 0.6) is 5.75 Å². The number of ether oxygens (including phenoxy) is 1. The first-order valence-electron chi connectivity index (χ1n) is 3.75. The molecule has 0 amide bonds. The van der Waals surface area contributed by atoms with Crippen molar-refractivity contribution in [1.29, 1.82) is 0 Å². The smallest absolute Gasteiger partial charge is 0.329 e. The number of nitrogens with zero attached hydrogens (tertiary/aromatic N) is 1. The predicted molar refractivity (Wildman–Crippen MR) is 50.9 cm³/mol. The van der Waals surface area contributed by atoms with Crippen LogP contribution < -0.4 is 10.5 Å². The van der Waals surface area contributed by atoms with Crippen LogP contribution in [0.2, 0.25) is 0 Å². The molecule has 0 bridgehead atoms. The summed E-state index contributed by atoms with van der Waals surface area (Å²) in [5.41, 5.74) is 5.83. The molecule has 14 heavy (non-hydrogen) atoms. The molecule has 0 unspecified atom stereocenters. The van der Waals surface area contributed by atoms with Gasteiger partial charge in [-0.25, -0.2) is 4.98 Å². The van der Waals surface area contributed by atoms with E-state index >= 15 is 0 Å². The second-order valence-corrected chi connectivity index (χ2v) is 4.40. The van der Waals surface area contributed by atoms with Crippen LogP contribution >= 0.6 is 7.60 Å². The summed E-state index contributed by atoms with van der Waals surface area (Å²) >= 11 is 0. The maximum absolute atomic E-state index is 10.7. The fourth-order valence-electron chi connectivity index (χ4n) is 0.983. The Morgan fingerprint density at radius 3 is 2.79 bits per heavy atom. The molecule has 7 heteroatoms. The van der Waals surface area contributed by atoms with Crippen LogP contribution in [0.25, 0.3) is 0 Å². The van der Waals surface area contributed by atoms with Crippen LogP contribution in [0.4, 0.5) is 5.82 Å². The third kappa shape index (κ3) is 2.99. The zero-order valence-corrected chi connectivity index (χ0v) is 8.44. The Morgan fingerprint density at radius 1 is 1.64 bits per heavy atom. The zero-order chi connectivity index (χ0) is 10.8.